The molecule has 1 aromatic heterocycles. The Bertz CT molecular complexity index is 479. The molecule has 0 aliphatic carbocycles. The van der Waals surface area contributed by atoms with Crippen LogP contribution in [0.5, 0.6) is 0 Å². The molecule has 0 bridgehead atoms. The molecule has 0 spiro atoms. The molecule has 1 fully saturated rings. The molecule has 21 heavy (non-hydrogen) atoms. The molecule has 5 heteroatoms. The highest BCUT2D eigenvalue weighted by atomic mass is 16.6. The second kappa shape index (κ2) is 6.33. The van der Waals surface area contributed by atoms with Gasteiger partial charge in [-0.2, -0.15) is 0 Å². The highest BCUT2D eigenvalue weighted by Crippen LogP contribution is 2.32. The zero-order valence-corrected chi connectivity index (χ0v) is 13.3. The number of hydrogen-bond acceptors (Lipinski definition) is 4. The molecule has 1 saturated heterocycles. The molecule has 1 N–H and O–H groups in total. The molecule has 0 radical (unpaired) electrons. The van der Waals surface area contributed by atoms with Gasteiger partial charge in [0.15, 0.2) is 0 Å². The summed E-state index contributed by atoms with van der Waals surface area (Å²) in [5.74, 6) is 0.832. The number of nitrogens with zero attached hydrogens (tertiary/aromatic N) is 2. The lowest BCUT2D eigenvalue weighted by molar-refractivity contribution is 0.00948. The second-order valence-electron chi connectivity index (χ2n) is 6.41. The molecule has 1 amide bonds. The zero-order valence-electron chi connectivity index (χ0n) is 13.3. The maximum Gasteiger partial charge on any atom is 0.410 e. The molecule has 0 aromatic carbocycles. The molecule has 5 nitrogen and oxygen atoms in total. The van der Waals surface area contributed by atoms with Crippen molar-refractivity contribution in [1.82, 2.24) is 9.88 Å². The van der Waals surface area contributed by atoms with Crippen LogP contribution in [0.1, 0.15) is 51.6 Å². The Morgan fingerprint density at radius 3 is 2.71 bits per heavy atom. The molecule has 2 rings (SSSR count). The SMILES string of the molecule is CNc1ccc(C2CCCCN2C(=O)OC(C)(C)C)cn1. The van der Waals surface area contributed by atoms with Crippen molar-refractivity contribution in [2.24, 2.45) is 0 Å². The number of piperidine rings is 1. The van der Waals surface area contributed by atoms with Gasteiger partial charge in [-0.1, -0.05) is 6.07 Å². The van der Waals surface area contributed by atoms with Gasteiger partial charge in [0.1, 0.15) is 11.4 Å². The van der Waals surface area contributed by atoms with Crippen molar-refractivity contribution in [2.45, 2.75) is 51.7 Å². The number of likely N-dealkylation sites (tertiary alicyclic amines) is 1. The number of carbonyl (C=O) groups is 1. The summed E-state index contributed by atoms with van der Waals surface area (Å²) in [6, 6.07) is 4.04. The largest absolute Gasteiger partial charge is 0.444 e. The van der Waals surface area contributed by atoms with Crippen LogP contribution >= 0.6 is 0 Å². The Hall–Kier alpha value is -1.78. The van der Waals surface area contributed by atoms with Crippen LogP contribution in [0.4, 0.5) is 10.6 Å². The molecule has 1 aromatic rings. The Labute approximate surface area is 126 Å². The van der Waals surface area contributed by atoms with Gasteiger partial charge in [0, 0.05) is 19.8 Å². The van der Waals surface area contributed by atoms with Crippen molar-refractivity contribution in [3.8, 4) is 0 Å². The van der Waals surface area contributed by atoms with Gasteiger partial charge in [-0.25, -0.2) is 9.78 Å². The molecule has 1 aliphatic rings. The van der Waals surface area contributed by atoms with Crippen molar-refractivity contribution in [1.29, 1.82) is 0 Å². The Balaban J connectivity index is 2.16. The number of hydrogen-bond donors (Lipinski definition) is 1. The van der Waals surface area contributed by atoms with E-state index in [0.29, 0.717) is 0 Å². The lowest BCUT2D eigenvalue weighted by Crippen LogP contribution is -2.41. The van der Waals surface area contributed by atoms with E-state index in [0.717, 1.165) is 37.2 Å². The van der Waals surface area contributed by atoms with E-state index in [1.807, 2.05) is 51.0 Å². The Morgan fingerprint density at radius 2 is 2.14 bits per heavy atom. The highest BCUT2D eigenvalue weighted by molar-refractivity contribution is 5.69. The van der Waals surface area contributed by atoms with E-state index in [4.69, 9.17) is 4.74 Å². The van der Waals surface area contributed by atoms with Crippen LogP contribution in [0.25, 0.3) is 0 Å². The molecule has 116 valence electrons. The normalized spacial score (nSPS) is 19.2. The molecule has 0 saturated carbocycles. The van der Waals surface area contributed by atoms with Gasteiger partial charge in [0.2, 0.25) is 0 Å². The maximum absolute atomic E-state index is 12.4. The van der Waals surface area contributed by atoms with E-state index in [1.54, 1.807) is 0 Å². The van der Waals surface area contributed by atoms with E-state index < -0.39 is 5.60 Å². The molecule has 1 aliphatic heterocycles. The summed E-state index contributed by atoms with van der Waals surface area (Å²) in [7, 11) is 1.84. The summed E-state index contributed by atoms with van der Waals surface area (Å²) in [6.45, 7) is 6.43. The van der Waals surface area contributed by atoms with Crippen LogP contribution in [0.15, 0.2) is 18.3 Å². The summed E-state index contributed by atoms with van der Waals surface area (Å²) >= 11 is 0. The van der Waals surface area contributed by atoms with Crippen LogP contribution in [0.3, 0.4) is 0 Å². The van der Waals surface area contributed by atoms with Crippen LogP contribution in [-0.2, 0) is 4.74 Å². The maximum atomic E-state index is 12.4. The van der Waals surface area contributed by atoms with Crippen LogP contribution < -0.4 is 5.32 Å². The average molecular weight is 291 g/mol. The summed E-state index contributed by atoms with van der Waals surface area (Å²) in [6.07, 6.45) is 4.72. The third-order valence-electron chi connectivity index (χ3n) is 3.56. The first-order valence-corrected chi connectivity index (χ1v) is 7.54. The van der Waals surface area contributed by atoms with Gasteiger partial charge >= 0.3 is 6.09 Å². The van der Waals surface area contributed by atoms with E-state index in [-0.39, 0.29) is 12.1 Å². The van der Waals surface area contributed by atoms with Gasteiger partial charge in [-0.15, -0.1) is 0 Å². The lowest BCUT2D eigenvalue weighted by Gasteiger charge is -2.36. The van der Waals surface area contributed by atoms with E-state index in [2.05, 4.69) is 10.3 Å². The number of carbonyl (C=O) groups excluding carboxylic acids is 1. The predicted molar refractivity (Wildman–Crippen MR) is 83.3 cm³/mol. The van der Waals surface area contributed by atoms with Gasteiger partial charge in [-0.05, 0) is 51.7 Å². The first-order valence-electron chi connectivity index (χ1n) is 7.54. The van der Waals surface area contributed by atoms with Crippen molar-refractivity contribution in [3.05, 3.63) is 23.9 Å². The van der Waals surface area contributed by atoms with Gasteiger partial charge < -0.3 is 15.0 Å². The molecular formula is C16H25N3O2. The number of pyridine rings is 1. The molecule has 1 unspecified atom stereocenters. The minimum Gasteiger partial charge on any atom is -0.444 e. The van der Waals surface area contributed by atoms with Crippen molar-refractivity contribution in [2.75, 3.05) is 18.9 Å². The van der Waals surface area contributed by atoms with Crippen molar-refractivity contribution in [3.63, 3.8) is 0 Å². The van der Waals surface area contributed by atoms with Crippen LogP contribution in [0, 0.1) is 0 Å². The number of rotatable bonds is 2. The third-order valence-corrected chi connectivity index (χ3v) is 3.56. The fourth-order valence-corrected chi connectivity index (χ4v) is 2.57. The van der Waals surface area contributed by atoms with E-state index in [1.165, 1.54) is 0 Å². The van der Waals surface area contributed by atoms with Crippen molar-refractivity contribution >= 4 is 11.9 Å². The smallest absolute Gasteiger partial charge is 0.410 e. The molecular weight excluding hydrogens is 266 g/mol. The fraction of sp³-hybridized carbons (Fsp3) is 0.625. The number of aromatic nitrogens is 1. The first-order chi connectivity index (χ1) is 9.90. The van der Waals surface area contributed by atoms with Gasteiger partial charge in [-0.3, -0.25) is 0 Å². The van der Waals surface area contributed by atoms with Gasteiger partial charge in [0.05, 0.1) is 6.04 Å². The Morgan fingerprint density at radius 1 is 1.38 bits per heavy atom. The molecule has 2 heterocycles. The summed E-state index contributed by atoms with van der Waals surface area (Å²) in [5.41, 5.74) is 0.604. The number of ether oxygens (including phenoxy) is 1. The highest BCUT2D eigenvalue weighted by Gasteiger charge is 2.31. The number of nitrogens with one attached hydrogen (secondary N) is 1. The van der Waals surface area contributed by atoms with Crippen molar-refractivity contribution < 1.29 is 9.53 Å². The summed E-state index contributed by atoms with van der Waals surface area (Å²) in [5, 5.41) is 3.01. The molecule has 1 atom stereocenters. The number of amides is 1. The lowest BCUT2D eigenvalue weighted by atomic mass is 9.97. The third kappa shape index (κ3) is 4.09. The topological polar surface area (TPSA) is 54.5 Å². The van der Waals surface area contributed by atoms with Crippen LogP contribution in [-0.4, -0.2) is 35.2 Å². The average Bonchev–Trinajstić information content (AvgIpc) is 2.45. The zero-order chi connectivity index (χ0) is 15.5. The quantitative estimate of drug-likeness (QED) is 0.904. The summed E-state index contributed by atoms with van der Waals surface area (Å²) in [4.78, 5) is 18.6. The first kappa shape index (κ1) is 15.6. The fourth-order valence-electron chi connectivity index (χ4n) is 2.57. The predicted octanol–water partition coefficient (Wildman–Crippen LogP) is 3.59. The summed E-state index contributed by atoms with van der Waals surface area (Å²) < 4.78 is 5.53. The standard InChI is InChI=1S/C16H25N3O2/c1-16(2,3)21-15(20)19-10-6-5-7-13(19)12-8-9-14(17-4)18-11-12/h8-9,11,13H,5-7,10H2,1-4H3,(H,17,18). The number of anilines is 1. The Kier molecular flexibility index (Phi) is 4.70. The van der Waals surface area contributed by atoms with Crippen LogP contribution in [0.2, 0.25) is 0 Å². The van der Waals surface area contributed by atoms with E-state index in [9.17, 15) is 4.79 Å². The van der Waals surface area contributed by atoms with Gasteiger partial charge in [0.25, 0.3) is 0 Å². The minimum absolute atomic E-state index is 0.0620. The second-order valence-corrected chi connectivity index (χ2v) is 6.41. The minimum atomic E-state index is -0.465. The monoisotopic (exact) mass is 291 g/mol. The van der Waals surface area contributed by atoms with E-state index >= 15 is 0 Å².